The third-order valence-electron chi connectivity index (χ3n) is 2.98. The fourth-order valence-corrected chi connectivity index (χ4v) is 1.70. The van der Waals surface area contributed by atoms with Crippen LogP contribution in [-0.2, 0) is 4.79 Å². The predicted molar refractivity (Wildman–Crippen MR) is 79.4 cm³/mol. The van der Waals surface area contributed by atoms with E-state index < -0.39 is 0 Å². The van der Waals surface area contributed by atoms with Gasteiger partial charge in [0.1, 0.15) is 0 Å². The second kappa shape index (κ2) is 7.39. The molecule has 1 unspecified atom stereocenters. The molecule has 102 valence electrons. The topological polar surface area (TPSA) is 55.1 Å². The molecule has 0 bridgehead atoms. The van der Waals surface area contributed by atoms with Gasteiger partial charge >= 0.3 is 0 Å². The SMILES string of the molecule is Cc1cccc(C(C)C)c1NC(=O)C(C)CN.Cl. The summed E-state index contributed by atoms with van der Waals surface area (Å²) in [5.74, 6) is 0.219. The van der Waals surface area contributed by atoms with Crippen molar-refractivity contribution in [3.8, 4) is 0 Å². The maximum absolute atomic E-state index is 11.9. The van der Waals surface area contributed by atoms with Crippen molar-refractivity contribution < 1.29 is 4.79 Å². The number of carbonyl (C=O) groups excluding carboxylic acids is 1. The van der Waals surface area contributed by atoms with Crippen LogP contribution in [0.4, 0.5) is 5.69 Å². The van der Waals surface area contributed by atoms with Crippen LogP contribution in [0.25, 0.3) is 0 Å². The number of hydrogen-bond acceptors (Lipinski definition) is 2. The highest BCUT2D eigenvalue weighted by atomic mass is 35.5. The van der Waals surface area contributed by atoms with Gasteiger partial charge in [0.05, 0.1) is 0 Å². The molecule has 0 aliphatic carbocycles. The van der Waals surface area contributed by atoms with Crippen LogP contribution < -0.4 is 11.1 Å². The Balaban J connectivity index is 0.00000289. The molecule has 0 heterocycles. The Morgan fingerprint density at radius 3 is 2.44 bits per heavy atom. The lowest BCUT2D eigenvalue weighted by atomic mass is 9.97. The van der Waals surface area contributed by atoms with Crippen LogP contribution in [0.5, 0.6) is 0 Å². The molecule has 1 aromatic carbocycles. The highest BCUT2D eigenvalue weighted by molar-refractivity contribution is 5.94. The number of benzene rings is 1. The number of para-hydroxylation sites is 1. The van der Waals surface area contributed by atoms with Crippen LogP contribution in [0.2, 0.25) is 0 Å². The molecule has 0 fully saturated rings. The summed E-state index contributed by atoms with van der Waals surface area (Å²) in [5, 5.41) is 2.99. The summed E-state index contributed by atoms with van der Waals surface area (Å²) in [5.41, 5.74) is 8.70. The van der Waals surface area contributed by atoms with Crippen molar-refractivity contribution in [1.82, 2.24) is 0 Å². The second-order valence-electron chi connectivity index (χ2n) is 4.82. The number of anilines is 1. The summed E-state index contributed by atoms with van der Waals surface area (Å²) in [7, 11) is 0. The number of aryl methyl sites for hydroxylation is 1. The molecule has 0 radical (unpaired) electrons. The van der Waals surface area contributed by atoms with Crippen LogP contribution in [-0.4, -0.2) is 12.5 Å². The van der Waals surface area contributed by atoms with Gasteiger partial charge in [-0.1, -0.05) is 39.0 Å². The molecule has 1 rings (SSSR count). The van der Waals surface area contributed by atoms with Gasteiger partial charge in [-0.25, -0.2) is 0 Å². The summed E-state index contributed by atoms with van der Waals surface area (Å²) in [6.07, 6.45) is 0. The molecule has 3 nitrogen and oxygen atoms in total. The van der Waals surface area contributed by atoms with Gasteiger partial charge < -0.3 is 11.1 Å². The van der Waals surface area contributed by atoms with E-state index in [4.69, 9.17) is 5.73 Å². The molecule has 0 aliphatic heterocycles. The third-order valence-corrected chi connectivity index (χ3v) is 2.98. The van der Waals surface area contributed by atoms with Crippen molar-refractivity contribution in [2.24, 2.45) is 11.7 Å². The monoisotopic (exact) mass is 270 g/mol. The van der Waals surface area contributed by atoms with Crippen molar-refractivity contribution in [2.45, 2.75) is 33.6 Å². The minimum Gasteiger partial charge on any atom is -0.330 e. The quantitative estimate of drug-likeness (QED) is 0.883. The number of hydrogen-bond donors (Lipinski definition) is 2. The minimum atomic E-state index is -0.158. The Labute approximate surface area is 116 Å². The Morgan fingerprint density at radius 1 is 1.33 bits per heavy atom. The van der Waals surface area contributed by atoms with Gasteiger partial charge in [-0.05, 0) is 24.0 Å². The number of halogens is 1. The molecule has 1 amide bonds. The summed E-state index contributed by atoms with van der Waals surface area (Å²) >= 11 is 0. The summed E-state index contributed by atoms with van der Waals surface area (Å²) < 4.78 is 0. The Morgan fingerprint density at radius 2 is 1.94 bits per heavy atom. The van der Waals surface area contributed by atoms with E-state index in [0.29, 0.717) is 12.5 Å². The number of amides is 1. The van der Waals surface area contributed by atoms with E-state index in [-0.39, 0.29) is 24.2 Å². The number of carbonyl (C=O) groups is 1. The lowest BCUT2D eigenvalue weighted by molar-refractivity contribution is -0.119. The zero-order valence-electron chi connectivity index (χ0n) is 11.5. The Bertz CT molecular complexity index is 405. The van der Waals surface area contributed by atoms with Crippen molar-refractivity contribution in [3.63, 3.8) is 0 Å². The van der Waals surface area contributed by atoms with Crippen molar-refractivity contribution >= 4 is 24.0 Å². The fraction of sp³-hybridized carbons (Fsp3) is 0.500. The molecule has 18 heavy (non-hydrogen) atoms. The average Bonchev–Trinajstić information content (AvgIpc) is 2.30. The number of nitrogens with two attached hydrogens (primary N) is 1. The van der Waals surface area contributed by atoms with E-state index in [0.717, 1.165) is 11.3 Å². The van der Waals surface area contributed by atoms with Gasteiger partial charge in [-0.2, -0.15) is 0 Å². The van der Waals surface area contributed by atoms with Crippen LogP contribution in [0.15, 0.2) is 18.2 Å². The standard InChI is InChI=1S/C14H22N2O.ClH/c1-9(2)12-7-5-6-10(3)13(12)16-14(17)11(4)8-15;/h5-7,9,11H,8,15H2,1-4H3,(H,16,17);1H. The molecule has 1 aromatic rings. The van der Waals surface area contributed by atoms with Crippen LogP contribution in [0, 0.1) is 12.8 Å². The molecule has 0 aromatic heterocycles. The van der Waals surface area contributed by atoms with E-state index in [2.05, 4.69) is 25.2 Å². The first-order valence-corrected chi connectivity index (χ1v) is 6.07. The largest absolute Gasteiger partial charge is 0.330 e. The van der Waals surface area contributed by atoms with E-state index in [1.54, 1.807) is 0 Å². The summed E-state index contributed by atoms with van der Waals surface area (Å²) in [4.78, 5) is 11.9. The van der Waals surface area contributed by atoms with Crippen molar-refractivity contribution in [3.05, 3.63) is 29.3 Å². The fourth-order valence-electron chi connectivity index (χ4n) is 1.70. The van der Waals surface area contributed by atoms with E-state index in [9.17, 15) is 4.79 Å². The maximum atomic E-state index is 11.9. The molecular formula is C14H23ClN2O. The lowest BCUT2D eigenvalue weighted by Crippen LogP contribution is -2.27. The van der Waals surface area contributed by atoms with Gasteiger partial charge in [0.15, 0.2) is 0 Å². The Kier molecular flexibility index (Phi) is 6.96. The molecule has 4 heteroatoms. The Hall–Kier alpha value is -1.06. The zero-order valence-corrected chi connectivity index (χ0v) is 12.3. The van der Waals surface area contributed by atoms with Crippen molar-refractivity contribution in [1.29, 1.82) is 0 Å². The summed E-state index contributed by atoms with van der Waals surface area (Å²) in [6.45, 7) is 8.46. The zero-order chi connectivity index (χ0) is 13.0. The van der Waals surface area contributed by atoms with E-state index in [1.807, 2.05) is 26.0 Å². The van der Waals surface area contributed by atoms with Crippen LogP contribution in [0.3, 0.4) is 0 Å². The smallest absolute Gasteiger partial charge is 0.228 e. The first-order valence-electron chi connectivity index (χ1n) is 6.07. The lowest BCUT2D eigenvalue weighted by Gasteiger charge is -2.18. The highest BCUT2D eigenvalue weighted by Crippen LogP contribution is 2.27. The molecular weight excluding hydrogens is 248 g/mol. The highest BCUT2D eigenvalue weighted by Gasteiger charge is 2.15. The van der Waals surface area contributed by atoms with E-state index >= 15 is 0 Å². The number of nitrogens with one attached hydrogen (secondary N) is 1. The van der Waals surface area contributed by atoms with Gasteiger partial charge in [0.25, 0.3) is 0 Å². The van der Waals surface area contributed by atoms with Gasteiger partial charge in [-0.3, -0.25) is 4.79 Å². The molecule has 0 saturated carbocycles. The first-order chi connectivity index (χ1) is 7.97. The van der Waals surface area contributed by atoms with Gasteiger partial charge in [0, 0.05) is 18.2 Å². The van der Waals surface area contributed by atoms with Crippen molar-refractivity contribution in [2.75, 3.05) is 11.9 Å². The normalized spacial score (nSPS) is 11.9. The molecule has 1 atom stereocenters. The second-order valence-corrected chi connectivity index (χ2v) is 4.82. The molecule has 0 aliphatic rings. The average molecular weight is 271 g/mol. The summed E-state index contributed by atoms with van der Waals surface area (Å²) in [6, 6.07) is 6.09. The predicted octanol–water partition coefficient (Wildman–Crippen LogP) is 3.07. The third kappa shape index (κ3) is 4.00. The van der Waals surface area contributed by atoms with E-state index in [1.165, 1.54) is 5.56 Å². The van der Waals surface area contributed by atoms with Gasteiger partial charge in [0.2, 0.25) is 5.91 Å². The van der Waals surface area contributed by atoms with Crippen LogP contribution in [0.1, 0.15) is 37.8 Å². The maximum Gasteiger partial charge on any atom is 0.228 e. The molecule has 0 spiro atoms. The van der Waals surface area contributed by atoms with Crippen LogP contribution >= 0.6 is 12.4 Å². The molecule has 0 saturated heterocycles. The molecule has 3 N–H and O–H groups in total. The minimum absolute atomic E-state index is 0. The number of rotatable bonds is 4. The first kappa shape index (κ1) is 16.9. The van der Waals surface area contributed by atoms with Gasteiger partial charge in [-0.15, -0.1) is 12.4 Å².